The Labute approximate surface area is 298 Å². The summed E-state index contributed by atoms with van der Waals surface area (Å²) in [7, 11) is -23.4. The highest BCUT2D eigenvalue weighted by Crippen LogP contribution is 2.71. The molecule has 5 rings (SSSR count). The number of ether oxygens (including phenoxy) is 3. The summed E-state index contributed by atoms with van der Waals surface area (Å²) < 4.78 is 83.1. The number of H-pyrrole nitrogens is 1. The van der Waals surface area contributed by atoms with Crippen LogP contribution in [-0.4, -0.2) is 69.9 Å². The molecule has 2 aromatic carbocycles. The number of rotatable bonds is 13. The van der Waals surface area contributed by atoms with E-state index in [9.17, 15) is 57.6 Å². The van der Waals surface area contributed by atoms with E-state index in [0.29, 0.717) is 10.1 Å². The van der Waals surface area contributed by atoms with Crippen molar-refractivity contribution in [3.63, 3.8) is 0 Å². The van der Waals surface area contributed by atoms with E-state index in [1.165, 1.54) is 37.3 Å². The van der Waals surface area contributed by atoms with E-state index in [1.54, 1.807) is 24.3 Å². The van der Waals surface area contributed by atoms with Gasteiger partial charge in [-0.3, -0.25) is 24.0 Å². The minimum Gasteiger partial charge on any atom is -0.359 e. The smallest absolute Gasteiger partial charge is 0.359 e. The van der Waals surface area contributed by atoms with Crippen LogP contribution in [0.15, 0.2) is 70.4 Å². The predicted octanol–water partition coefficient (Wildman–Crippen LogP) is 1.88. The molecular formula is C27H31N3O19P4. The molecule has 2 aliphatic heterocycles. The Balaban J connectivity index is 1.33. The summed E-state index contributed by atoms with van der Waals surface area (Å²) >= 11 is 0. The zero-order valence-electron chi connectivity index (χ0n) is 27.1. The number of aromatic nitrogens is 2. The molecule has 8 N–H and O–H groups in total. The molecule has 9 unspecified atom stereocenters. The normalized spacial score (nSPS) is 28.3. The third-order valence-corrected chi connectivity index (χ3v) is 13.2. The lowest BCUT2D eigenvalue weighted by atomic mass is 10.0. The fraction of sp³-hybridized carbons (Fsp3) is 0.333. The summed E-state index contributed by atoms with van der Waals surface area (Å²) in [4.78, 5) is 67.3. The van der Waals surface area contributed by atoms with Crippen LogP contribution in [0.25, 0.3) is 0 Å². The van der Waals surface area contributed by atoms with Crippen molar-refractivity contribution in [3.8, 4) is 11.8 Å². The van der Waals surface area contributed by atoms with Gasteiger partial charge >= 0.3 is 36.9 Å². The van der Waals surface area contributed by atoms with E-state index < -0.39 is 79.3 Å². The molecule has 0 radical (unpaired) electrons. The third-order valence-electron chi connectivity index (χ3n) is 7.21. The molecule has 288 valence electrons. The maximum atomic E-state index is 12.9. The van der Waals surface area contributed by atoms with Gasteiger partial charge in [0.25, 0.3) is 17.1 Å². The number of aryl methyl sites for hydroxylation is 1. The van der Waals surface area contributed by atoms with Gasteiger partial charge in [0.15, 0.2) is 12.5 Å². The van der Waals surface area contributed by atoms with Crippen LogP contribution in [0.4, 0.5) is 5.69 Å². The monoisotopic (exact) mass is 825 g/mol. The fourth-order valence-corrected chi connectivity index (χ4v) is 10.0. The maximum Gasteiger partial charge on any atom is 0.490 e. The van der Waals surface area contributed by atoms with Crippen LogP contribution >= 0.6 is 31.2 Å². The molecule has 9 atom stereocenters. The van der Waals surface area contributed by atoms with Crippen molar-refractivity contribution in [1.29, 1.82) is 0 Å². The highest BCUT2D eigenvalue weighted by Gasteiger charge is 2.75. The predicted molar refractivity (Wildman–Crippen MR) is 177 cm³/mol. The lowest BCUT2D eigenvalue weighted by molar-refractivity contribution is -0.293. The van der Waals surface area contributed by atoms with E-state index in [4.69, 9.17) is 14.2 Å². The topological polar surface area (TPSA) is 321 Å². The molecule has 2 fully saturated rings. The molecule has 3 aromatic rings. The molecule has 3 heterocycles. The van der Waals surface area contributed by atoms with Crippen molar-refractivity contribution in [2.24, 2.45) is 0 Å². The summed E-state index contributed by atoms with van der Waals surface area (Å²) in [6, 6.07) is 13.8. The van der Waals surface area contributed by atoms with Crippen molar-refractivity contribution < 1.29 is 79.7 Å². The minimum absolute atomic E-state index is 0.0176. The van der Waals surface area contributed by atoms with Crippen LogP contribution in [0.5, 0.6) is 0 Å². The zero-order chi connectivity index (χ0) is 39.0. The van der Waals surface area contributed by atoms with Gasteiger partial charge in [-0.15, -0.1) is 0 Å². The van der Waals surface area contributed by atoms with Gasteiger partial charge in [0.2, 0.25) is 0 Å². The van der Waals surface area contributed by atoms with Crippen molar-refractivity contribution in [1.82, 2.24) is 9.55 Å². The number of aliphatic hydroxyl groups is 2. The van der Waals surface area contributed by atoms with Gasteiger partial charge in [-0.25, -0.2) is 23.1 Å². The molecule has 22 nitrogen and oxygen atoms in total. The van der Waals surface area contributed by atoms with Gasteiger partial charge < -0.3 is 44.0 Å². The number of fused-ring (bicyclic) bond motifs is 1. The van der Waals surface area contributed by atoms with Crippen molar-refractivity contribution >= 4 is 36.9 Å². The first-order valence-electron chi connectivity index (χ1n) is 14.9. The second-order valence-electron chi connectivity index (χ2n) is 11.2. The summed E-state index contributed by atoms with van der Waals surface area (Å²) in [5.74, 6) is -0.688. The van der Waals surface area contributed by atoms with E-state index in [0.717, 1.165) is 11.8 Å². The number of aromatic amines is 1. The van der Waals surface area contributed by atoms with E-state index in [2.05, 4.69) is 29.3 Å². The highest BCUT2D eigenvalue weighted by atomic mass is 31.3. The van der Waals surface area contributed by atoms with E-state index in [1.807, 2.05) is 17.0 Å². The first-order chi connectivity index (χ1) is 24.6. The molecule has 2 aliphatic rings. The lowest BCUT2D eigenvalue weighted by Gasteiger charge is -2.31. The molecule has 2 saturated heterocycles. The number of benzene rings is 2. The second-order valence-corrected chi connectivity index (χ2v) is 17.5. The molecule has 1 aromatic heterocycles. The Hall–Kier alpha value is -3.12. The third kappa shape index (κ3) is 9.58. The number of anilines is 1. The Morgan fingerprint density at radius 1 is 0.868 bits per heavy atom. The molecular weight excluding hydrogens is 794 g/mol. The number of hydrogen-bond acceptors (Lipinski definition) is 15. The quantitative estimate of drug-likeness (QED) is 0.0901. The second kappa shape index (κ2) is 15.2. The molecule has 26 heteroatoms. The Kier molecular flexibility index (Phi) is 11.8. The van der Waals surface area contributed by atoms with Gasteiger partial charge in [0, 0.05) is 17.4 Å². The van der Waals surface area contributed by atoms with Crippen LogP contribution < -0.4 is 16.3 Å². The summed E-state index contributed by atoms with van der Waals surface area (Å²) in [5, 5.41) is 24.9. The summed E-state index contributed by atoms with van der Waals surface area (Å²) in [6.07, 6.45) is -4.68. The average molecular weight is 825 g/mol. The van der Waals surface area contributed by atoms with Gasteiger partial charge in [0.05, 0.1) is 6.61 Å². The van der Waals surface area contributed by atoms with Gasteiger partial charge in [-0.05, 0) is 37.6 Å². The molecule has 0 bridgehead atoms. The molecule has 0 amide bonds. The highest BCUT2D eigenvalue weighted by molar-refractivity contribution is 7.71. The van der Waals surface area contributed by atoms with Crippen LogP contribution in [-0.2, 0) is 49.9 Å². The van der Waals surface area contributed by atoms with E-state index >= 15 is 0 Å². The number of para-hydroxylation sites is 1. The Morgan fingerprint density at radius 2 is 1.47 bits per heavy atom. The molecule has 0 spiro atoms. The van der Waals surface area contributed by atoms with Crippen molar-refractivity contribution in [2.45, 2.75) is 50.5 Å². The van der Waals surface area contributed by atoms with Crippen LogP contribution in [0.1, 0.15) is 36.3 Å². The SMILES string of the molecule is CCC1OC2(O)C(COP(=O)(O)OP(=O)(O)OP(=O)(O)OP(=O)(O)Nc3ccccc3)OC(n3cc(C#Cc4ccc(C)cc4)c(=O)[nH]c3=O)C2(O)O1. The van der Waals surface area contributed by atoms with Crippen LogP contribution in [0, 0.1) is 18.8 Å². The number of phosphoric ester groups is 1. The van der Waals surface area contributed by atoms with Crippen molar-refractivity contribution in [2.75, 3.05) is 11.7 Å². The van der Waals surface area contributed by atoms with Crippen LogP contribution in [0.3, 0.4) is 0 Å². The minimum atomic E-state index is -6.18. The maximum absolute atomic E-state index is 12.9. The summed E-state index contributed by atoms with van der Waals surface area (Å²) in [6.45, 7) is 2.00. The largest absolute Gasteiger partial charge is 0.490 e. The Morgan fingerprint density at radius 3 is 2.11 bits per heavy atom. The molecule has 0 aliphatic carbocycles. The number of phosphoric acid groups is 3. The lowest BCUT2D eigenvalue weighted by Crippen LogP contribution is -2.57. The number of nitrogens with zero attached hydrogens (tertiary/aromatic N) is 1. The van der Waals surface area contributed by atoms with Gasteiger partial charge in [0.1, 0.15) is 11.7 Å². The molecule has 0 saturated carbocycles. The number of nitrogens with one attached hydrogen (secondary N) is 2. The first-order valence-corrected chi connectivity index (χ1v) is 21.0. The van der Waals surface area contributed by atoms with Crippen LogP contribution in [0.2, 0.25) is 0 Å². The van der Waals surface area contributed by atoms with E-state index in [-0.39, 0.29) is 17.7 Å². The average Bonchev–Trinajstić information content (AvgIpc) is 3.42. The first kappa shape index (κ1) is 41.1. The number of hydrogen-bond donors (Lipinski definition) is 8. The summed E-state index contributed by atoms with van der Waals surface area (Å²) in [5.41, 5.74) is -1.07. The molecule has 53 heavy (non-hydrogen) atoms. The van der Waals surface area contributed by atoms with Crippen molar-refractivity contribution in [3.05, 3.63) is 98.3 Å². The Bertz CT molecular complexity index is 2220. The fourth-order valence-electron chi connectivity index (χ4n) is 4.89. The standard InChI is InChI=1S/C27H31N3O19P4/c1-3-22-45-26(33)21(16-43-51(37,38)48-53(41,42)49-52(39,40)47-50(35,36)29-20-7-5-4-6-8-20)44-24(27(26,34)46-22)30-15-19(23(31)28-25(30)32)14-13-18-11-9-17(2)10-12-18/h4-12,15,21-22,24,33-34H,3,16H2,1-2H3,(H,37,38)(H,39,40)(H,41,42)(H,28,31,32)(H2,29,35,36). The van der Waals surface area contributed by atoms with Gasteiger partial charge in [-0.1, -0.05) is 54.7 Å². The van der Waals surface area contributed by atoms with Gasteiger partial charge in [-0.2, -0.15) is 12.9 Å². The zero-order valence-corrected chi connectivity index (χ0v) is 30.7.